The number of Topliss-reactive ketones (excluding diaryl/α,β-unsaturated/α-hetero) is 1. The van der Waals surface area contributed by atoms with Gasteiger partial charge in [-0.2, -0.15) is 0 Å². The Balaban J connectivity index is 1.92. The quantitative estimate of drug-likeness (QED) is 0.0755. The maximum absolute atomic E-state index is 14.4. The topological polar surface area (TPSA) is 249 Å². The number of amides is 4. The fourth-order valence-corrected chi connectivity index (χ4v) is 8.32. The van der Waals surface area contributed by atoms with E-state index in [0.717, 1.165) is 24.3 Å². The van der Waals surface area contributed by atoms with Gasteiger partial charge in [-0.05, 0) is 101 Å². The fraction of sp³-hybridized carbons (Fsp3) is 0.605. The third-order valence-corrected chi connectivity index (χ3v) is 12.2. The number of aromatic hydroxyl groups is 2. The van der Waals surface area contributed by atoms with Crippen LogP contribution in [0.2, 0.25) is 0 Å². The van der Waals surface area contributed by atoms with Gasteiger partial charge < -0.3 is 42.1 Å². The third kappa shape index (κ3) is 15.5. The molecule has 1 heterocycles. The number of hydrogen-bond donors (Lipinski definition) is 8. The molecular weight excluding hydrogens is 791 g/mol. The summed E-state index contributed by atoms with van der Waals surface area (Å²) in [4.78, 5) is 68.7. The number of nitrogens with one attached hydrogen (secondary N) is 5. The van der Waals surface area contributed by atoms with Crippen LogP contribution in [0, 0.1) is 0 Å². The van der Waals surface area contributed by atoms with Crippen molar-refractivity contribution in [1.29, 1.82) is 0 Å². The van der Waals surface area contributed by atoms with Gasteiger partial charge in [-0.15, -0.1) is 0 Å². The normalized spacial score (nSPS) is 18.1. The molecule has 0 saturated carbocycles. The predicted molar refractivity (Wildman–Crippen MR) is 231 cm³/mol. The van der Waals surface area contributed by atoms with Gasteiger partial charge in [0, 0.05) is 24.6 Å². The van der Waals surface area contributed by atoms with Crippen molar-refractivity contribution >= 4 is 39.4 Å². The molecular formula is C43H67N7O9S. The van der Waals surface area contributed by atoms with Crippen molar-refractivity contribution in [3.8, 4) is 22.6 Å². The zero-order valence-corrected chi connectivity index (χ0v) is 36.7. The molecule has 334 valence electrons. The van der Waals surface area contributed by atoms with Crippen LogP contribution in [0.4, 0.5) is 0 Å². The molecule has 0 unspecified atom stereocenters. The van der Waals surface area contributed by atoms with Gasteiger partial charge in [-0.3, -0.25) is 24.0 Å². The van der Waals surface area contributed by atoms with Crippen molar-refractivity contribution in [2.45, 2.75) is 135 Å². The van der Waals surface area contributed by atoms with E-state index in [0.29, 0.717) is 37.9 Å². The minimum absolute atomic E-state index is 0.0757. The summed E-state index contributed by atoms with van der Waals surface area (Å²) < 4.78 is 29.4. The first-order valence-corrected chi connectivity index (χ1v) is 22.9. The van der Waals surface area contributed by atoms with Crippen LogP contribution in [-0.4, -0.2) is 110 Å². The Morgan fingerprint density at radius 3 is 2.18 bits per heavy atom. The van der Waals surface area contributed by atoms with Gasteiger partial charge in [0.25, 0.3) is 0 Å². The molecule has 5 atom stereocenters. The van der Waals surface area contributed by atoms with E-state index in [1.807, 2.05) is 0 Å². The number of nitrogens with zero attached hydrogens (tertiary/aromatic N) is 1. The number of likely N-dealkylation sites (N-methyl/N-ethyl adjacent to an activating group) is 1. The van der Waals surface area contributed by atoms with Crippen LogP contribution < -0.4 is 31.7 Å². The number of benzene rings is 2. The lowest BCUT2D eigenvalue weighted by Gasteiger charge is -2.32. The summed E-state index contributed by atoms with van der Waals surface area (Å²) in [6, 6.07) is 2.57. The number of phenolic OH excluding ortho intramolecular Hbond substituents is 2. The number of fused-ring (bicyclic) bond motifs is 5. The Bertz CT molecular complexity index is 1880. The van der Waals surface area contributed by atoms with E-state index in [1.165, 1.54) is 90.3 Å². The molecule has 60 heavy (non-hydrogen) atoms. The molecule has 9 N–H and O–H groups in total. The van der Waals surface area contributed by atoms with E-state index < -0.39 is 63.9 Å². The number of nitrogens with two attached hydrogens (primary N) is 1. The Morgan fingerprint density at radius 2 is 1.52 bits per heavy atom. The van der Waals surface area contributed by atoms with Gasteiger partial charge >= 0.3 is 0 Å². The third-order valence-electron chi connectivity index (χ3n) is 10.8. The molecule has 1 aliphatic heterocycles. The molecule has 0 aliphatic carbocycles. The average Bonchev–Trinajstić information content (AvgIpc) is 3.19. The maximum atomic E-state index is 14.4. The lowest BCUT2D eigenvalue weighted by atomic mass is 9.93. The second-order valence-corrected chi connectivity index (χ2v) is 17.7. The summed E-state index contributed by atoms with van der Waals surface area (Å²) in [5.74, 6) is -3.98. The van der Waals surface area contributed by atoms with Crippen molar-refractivity contribution in [2.24, 2.45) is 5.73 Å². The second kappa shape index (κ2) is 24.6. The Hall–Kier alpha value is -4.58. The number of carbonyl (C=O) groups is 5. The van der Waals surface area contributed by atoms with Crippen molar-refractivity contribution in [1.82, 2.24) is 30.9 Å². The van der Waals surface area contributed by atoms with Gasteiger partial charge in [-0.1, -0.05) is 64.0 Å². The molecule has 0 aromatic heterocycles. The second-order valence-electron chi connectivity index (χ2n) is 15.8. The summed E-state index contributed by atoms with van der Waals surface area (Å²) in [7, 11) is -2.61. The molecule has 16 nitrogen and oxygen atoms in total. The summed E-state index contributed by atoms with van der Waals surface area (Å²) in [6.45, 7) is 8.00. The summed E-state index contributed by atoms with van der Waals surface area (Å²) in [5.41, 5.74) is 6.65. The summed E-state index contributed by atoms with van der Waals surface area (Å²) >= 11 is 0. The summed E-state index contributed by atoms with van der Waals surface area (Å²) in [6.07, 6.45) is 9.50. The average molecular weight is 858 g/mol. The van der Waals surface area contributed by atoms with Crippen LogP contribution in [0.15, 0.2) is 36.4 Å². The van der Waals surface area contributed by atoms with Gasteiger partial charge in [0.2, 0.25) is 33.7 Å². The molecule has 17 heteroatoms. The van der Waals surface area contributed by atoms with Crippen molar-refractivity contribution in [3.05, 3.63) is 47.5 Å². The first kappa shape index (κ1) is 49.8. The van der Waals surface area contributed by atoms with Crippen molar-refractivity contribution in [3.63, 3.8) is 0 Å². The SMILES string of the molecule is CCCCCCCCCNCCCS(=O)(=O)N[C@@H](CCCCN)C(=O)N(C)[C@@H]1C(=O)N[C@@H](C)C(=O)N[C@H](C(=O)N[C@@H](C)C(C)=O)Cc2ccc(O)c(c2)-c2cc1ccc2O. The highest BCUT2D eigenvalue weighted by Gasteiger charge is 2.36. The number of sulfonamides is 1. The highest BCUT2D eigenvalue weighted by atomic mass is 32.2. The van der Waals surface area contributed by atoms with Crippen LogP contribution >= 0.6 is 0 Å². The van der Waals surface area contributed by atoms with E-state index >= 15 is 0 Å². The van der Waals surface area contributed by atoms with Gasteiger partial charge in [0.1, 0.15) is 35.7 Å². The van der Waals surface area contributed by atoms with E-state index in [9.17, 15) is 42.6 Å². The molecule has 2 aromatic rings. The van der Waals surface area contributed by atoms with E-state index in [1.54, 1.807) is 6.07 Å². The molecule has 3 rings (SSSR count). The lowest BCUT2D eigenvalue weighted by Crippen LogP contribution is -2.56. The highest BCUT2D eigenvalue weighted by molar-refractivity contribution is 7.89. The number of ketones is 1. The molecule has 0 saturated heterocycles. The number of carbonyl (C=O) groups excluding carboxylic acids is 5. The first-order chi connectivity index (χ1) is 28.5. The van der Waals surface area contributed by atoms with E-state index in [4.69, 9.17) is 5.73 Å². The van der Waals surface area contributed by atoms with Crippen LogP contribution in [0.5, 0.6) is 11.5 Å². The zero-order valence-electron chi connectivity index (χ0n) is 35.8. The van der Waals surface area contributed by atoms with Crippen LogP contribution in [0.25, 0.3) is 11.1 Å². The van der Waals surface area contributed by atoms with Gasteiger partial charge in [0.05, 0.1) is 11.8 Å². The van der Waals surface area contributed by atoms with Crippen molar-refractivity contribution in [2.75, 3.05) is 32.4 Å². The molecule has 4 bridgehead atoms. The maximum Gasteiger partial charge on any atom is 0.248 e. The molecule has 0 spiro atoms. The van der Waals surface area contributed by atoms with E-state index in [-0.39, 0.29) is 52.6 Å². The molecule has 1 aliphatic rings. The fourth-order valence-electron chi connectivity index (χ4n) is 7.03. The molecule has 0 fully saturated rings. The minimum atomic E-state index is -3.96. The van der Waals surface area contributed by atoms with Gasteiger partial charge in [0.15, 0.2) is 5.78 Å². The molecule has 2 aromatic carbocycles. The molecule has 0 radical (unpaired) electrons. The standard InChI is InChI=1S/C43H67N7O9S/c1-6-7-8-9-10-11-14-22-45-23-15-24-60(58,59)49-35(16-12-13-21-44)43(57)50(5)39-32-18-20-38(53)34(27-32)33-25-31(17-19-37(33)52)26-36(41(55)46-28(2)30(4)51)48-40(54)29(3)47-42(39)56/h17-20,25,27-29,35-36,39,45,49,52-53H,6-16,21-24,26,44H2,1-5H3,(H,46,55)(H,47,56)(H,48,54)/t28-,29-,35-,36-,39-/m0/s1. The number of unbranched alkanes of at least 4 members (excludes halogenated alkanes) is 7. The van der Waals surface area contributed by atoms with Crippen LogP contribution in [0.1, 0.15) is 115 Å². The van der Waals surface area contributed by atoms with Gasteiger partial charge in [-0.25, -0.2) is 13.1 Å². The Labute approximate surface area is 355 Å². The zero-order chi connectivity index (χ0) is 44.4. The van der Waals surface area contributed by atoms with E-state index in [2.05, 4.69) is 32.9 Å². The smallest absolute Gasteiger partial charge is 0.248 e. The number of hydrogen-bond acceptors (Lipinski definition) is 11. The first-order valence-electron chi connectivity index (χ1n) is 21.2. The monoisotopic (exact) mass is 857 g/mol. The number of rotatable bonds is 23. The Kier molecular flexibility index (Phi) is 20.4. The minimum Gasteiger partial charge on any atom is -0.507 e. The van der Waals surface area contributed by atoms with Crippen molar-refractivity contribution < 1.29 is 42.6 Å². The highest BCUT2D eigenvalue weighted by Crippen LogP contribution is 2.39. The van der Waals surface area contributed by atoms with Crippen LogP contribution in [0.3, 0.4) is 0 Å². The molecule has 4 amide bonds. The lowest BCUT2D eigenvalue weighted by molar-refractivity contribution is -0.141. The summed E-state index contributed by atoms with van der Waals surface area (Å²) in [5, 5.41) is 33.2. The Morgan fingerprint density at radius 1 is 0.883 bits per heavy atom. The number of phenols is 2. The largest absolute Gasteiger partial charge is 0.507 e. The predicted octanol–water partition coefficient (Wildman–Crippen LogP) is 3.05. The van der Waals surface area contributed by atoms with Crippen LogP contribution in [-0.2, 0) is 40.4 Å².